The summed E-state index contributed by atoms with van der Waals surface area (Å²) in [5, 5.41) is 2.21. The van der Waals surface area contributed by atoms with Crippen LogP contribution in [0.1, 0.15) is 22.3 Å². The molecule has 0 unspecified atom stereocenters. The van der Waals surface area contributed by atoms with Crippen molar-refractivity contribution in [1.82, 2.24) is 15.0 Å². The summed E-state index contributed by atoms with van der Waals surface area (Å²) in [7, 11) is 0. The maximum Gasteiger partial charge on any atom is 0.164 e. The highest BCUT2D eigenvalue weighted by atomic mass is 15.2. The van der Waals surface area contributed by atoms with Crippen LogP contribution in [0.15, 0.2) is 218 Å². The van der Waals surface area contributed by atoms with Crippen LogP contribution in [0, 0.1) is 0 Å². The second-order valence-electron chi connectivity index (χ2n) is 15.5. The zero-order valence-corrected chi connectivity index (χ0v) is 32.6. The average Bonchev–Trinajstić information content (AvgIpc) is 3.62. The van der Waals surface area contributed by atoms with Gasteiger partial charge in [0, 0.05) is 22.4 Å². The van der Waals surface area contributed by atoms with Crippen LogP contribution < -0.4 is 4.90 Å². The van der Waals surface area contributed by atoms with Gasteiger partial charge in [-0.15, -0.1) is 0 Å². The molecule has 1 aliphatic heterocycles. The fourth-order valence-electron chi connectivity index (χ4n) is 9.82. The van der Waals surface area contributed by atoms with Gasteiger partial charge >= 0.3 is 0 Å². The van der Waals surface area contributed by atoms with Crippen LogP contribution in [0.5, 0.6) is 0 Å². The third-order valence-corrected chi connectivity index (χ3v) is 12.3. The number of para-hydroxylation sites is 2. The Balaban J connectivity index is 1.09. The monoisotopic (exact) mass is 764 g/mol. The second kappa shape index (κ2) is 13.6. The molecule has 60 heavy (non-hydrogen) atoms. The summed E-state index contributed by atoms with van der Waals surface area (Å²) in [5.74, 6) is 1.93. The Labute approximate surface area is 348 Å². The van der Waals surface area contributed by atoms with Crippen molar-refractivity contribution in [1.29, 1.82) is 0 Å². The summed E-state index contributed by atoms with van der Waals surface area (Å²) in [6.45, 7) is 0. The van der Waals surface area contributed by atoms with Crippen LogP contribution in [0.3, 0.4) is 0 Å². The first-order valence-corrected chi connectivity index (χ1v) is 20.5. The van der Waals surface area contributed by atoms with E-state index in [1.54, 1.807) is 0 Å². The first-order chi connectivity index (χ1) is 29.8. The third-order valence-electron chi connectivity index (χ3n) is 12.3. The Bertz CT molecular complexity index is 3170. The molecule has 1 aliphatic carbocycles. The van der Waals surface area contributed by atoms with E-state index in [1.165, 1.54) is 39.1 Å². The summed E-state index contributed by atoms with van der Waals surface area (Å²) in [6.07, 6.45) is 0. The molecule has 2 heterocycles. The molecule has 0 amide bonds. The van der Waals surface area contributed by atoms with Gasteiger partial charge in [-0.05, 0) is 79.5 Å². The number of hydrogen-bond donors (Lipinski definition) is 0. The van der Waals surface area contributed by atoms with Crippen molar-refractivity contribution >= 4 is 27.8 Å². The van der Waals surface area contributed by atoms with Crippen molar-refractivity contribution in [2.45, 2.75) is 5.41 Å². The number of fused-ring (bicyclic) bond motifs is 10. The zero-order valence-electron chi connectivity index (χ0n) is 32.6. The summed E-state index contributed by atoms with van der Waals surface area (Å²) >= 11 is 0. The molecule has 12 rings (SSSR count). The van der Waals surface area contributed by atoms with E-state index in [1.807, 2.05) is 36.4 Å². The third kappa shape index (κ3) is 5.07. The molecule has 9 aromatic carbocycles. The van der Waals surface area contributed by atoms with Crippen molar-refractivity contribution in [2.75, 3.05) is 4.90 Å². The van der Waals surface area contributed by atoms with Crippen LogP contribution in [-0.4, -0.2) is 15.0 Å². The lowest BCUT2D eigenvalue weighted by atomic mass is 9.64. The number of aromatic nitrogens is 3. The van der Waals surface area contributed by atoms with Crippen LogP contribution in [-0.2, 0) is 5.41 Å². The van der Waals surface area contributed by atoms with E-state index in [4.69, 9.17) is 15.0 Å². The number of anilines is 3. The minimum atomic E-state index is -0.500. The van der Waals surface area contributed by atoms with Gasteiger partial charge in [-0.3, -0.25) is 0 Å². The predicted octanol–water partition coefficient (Wildman–Crippen LogP) is 13.8. The maximum absolute atomic E-state index is 5.12. The average molecular weight is 765 g/mol. The molecule has 1 spiro atoms. The lowest BCUT2D eigenvalue weighted by Crippen LogP contribution is -2.36. The first-order valence-electron chi connectivity index (χ1n) is 20.5. The van der Waals surface area contributed by atoms with Crippen LogP contribution in [0.2, 0.25) is 0 Å². The standard InChI is InChI=1S/C56H36N4/c1-4-18-37(19-5-1)53-57-54(38-20-6-2-7-21-38)59-55(58-53)46-29-17-27-42-41(26-16-28-43(42)46)39-34-35-50-52(36-39)60(40-22-8-3-9-23-40)51-33-15-14-32-49(51)56(50)47-30-12-10-24-44(47)45-25-11-13-31-48(45)56/h1-36H. The molecule has 0 saturated carbocycles. The molecule has 4 nitrogen and oxygen atoms in total. The topological polar surface area (TPSA) is 41.9 Å². The highest BCUT2D eigenvalue weighted by Gasteiger charge is 2.51. The van der Waals surface area contributed by atoms with Gasteiger partial charge < -0.3 is 4.90 Å². The largest absolute Gasteiger partial charge is 0.310 e. The van der Waals surface area contributed by atoms with Gasteiger partial charge in [-0.2, -0.15) is 0 Å². The maximum atomic E-state index is 5.12. The summed E-state index contributed by atoms with van der Waals surface area (Å²) in [5.41, 5.74) is 15.9. The van der Waals surface area contributed by atoms with E-state index in [0.717, 1.165) is 50.0 Å². The van der Waals surface area contributed by atoms with Gasteiger partial charge in [0.2, 0.25) is 0 Å². The van der Waals surface area contributed by atoms with E-state index in [0.29, 0.717) is 17.5 Å². The smallest absolute Gasteiger partial charge is 0.164 e. The normalized spacial score (nSPS) is 13.1. The molecule has 1 aromatic heterocycles. The van der Waals surface area contributed by atoms with E-state index in [-0.39, 0.29) is 0 Å². The molecule has 0 bridgehead atoms. The summed E-state index contributed by atoms with van der Waals surface area (Å²) in [6, 6.07) is 78.2. The molecule has 4 heteroatoms. The Morgan fingerprint density at radius 3 is 1.40 bits per heavy atom. The number of benzene rings is 9. The number of hydrogen-bond acceptors (Lipinski definition) is 4. The highest BCUT2D eigenvalue weighted by Crippen LogP contribution is 2.63. The molecule has 10 aromatic rings. The van der Waals surface area contributed by atoms with Crippen molar-refractivity contribution in [3.8, 4) is 56.4 Å². The summed E-state index contributed by atoms with van der Waals surface area (Å²) in [4.78, 5) is 17.7. The SMILES string of the molecule is c1ccc(-c2nc(-c3ccccc3)nc(-c3cccc4c(-c5ccc6c(c5)N(c5ccccc5)c5ccccc5C65c6ccccc6-c6ccccc65)cccc34)n2)cc1. The van der Waals surface area contributed by atoms with E-state index in [9.17, 15) is 0 Å². The second-order valence-corrected chi connectivity index (χ2v) is 15.5. The van der Waals surface area contributed by atoms with E-state index >= 15 is 0 Å². The van der Waals surface area contributed by atoms with Gasteiger partial charge in [-0.1, -0.05) is 194 Å². The van der Waals surface area contributed by atoms with Crippen molar-refractivity contribution < 1.29 is 0 Å². The number of nitrogens with zero attached hydrogens (tertiary/aromatic N) is 4. The fraction of sp³-hybridized carbons (Fsp3) is 0.0179. The van der Waals surface area contributed by atoms with E-state index < -0.39 is 5.41 Å². The Hall–Kier alpha value is -7.95. The molecular formula is C56H36N4. The molecule has 0 N–H and O–H groups in total. The van der Waals surface area contributed by atoms with Crippen LogP contribution in [0.4, 0.5) is 17.1 Å². The Kier molecular flexibility index (Phi) is 7.72. The quantitative estimate of drug-likeness (QED) is 0.175. The van der Waals surface area contributed by atoms with Gasteiger partial charge in [0.05, 0.1) is 16.8 Å². The molecular weight excluding hydrogens is 729 g/mol. The molecule has 2 aliphatic rings. The van der Waals surface area contributed by atoms with Gasteiger partial charge in [0.25, 0.3) is 0 Å². The fourth-order valence-corrected chi connectivity index (χ4v) is 9.82. The van der Waals surface area contributed by atoms with Crippen LogP contribution >= 0.6 is 0 Å². The van der Waals surface area contributed by atoms with Crippen molar-refractivity contribution in [3.63, 3.8) is 0 Å². The Morgan fingerprint density at radius 2 is 0.767 bits per heavy atom. The van der Waals surface area contributed by atoms with Gasteiger partial charge in [0.1, 0.15) is 0 Å². The van der Waals surface area contributed by atoms with Gasteiger partial charge in [-0.25, -0.2) is 15.0 Å². The molecule has 280 valence electrons. The lowest BCUT2D eigenvalue weighted by Gasteiger charge is -2.45. The minimum Gasteiger partial charge on any atom is -0.310 e. The zero-order chi connectivity index (χ0) is 39.6. The summed E-state index contributed by atoms with van der Waals surface area (Å²) < 4.78 is 0. The molecule has 0 atom stereocenters. The number of rotatable bonds is 5. The molecule has 0 radical (unpaired) electrons. The van der Waals surface area contributed by atoms with E-state index in [2.05, 4.69) is 187 Å². The molecule has 0 fully saturated rings. The first kappa shape index (κ1) is 34.1. The van der Waals surface area contributed by atoms with Crippen molar-refractivity contribution in [2.24, 2.45) is 0 Å². The lowest BCUT2D eigenvalue weighted by molar-refractivity contribution is 0.753. The highest BCUT2D eigenvalue weighted by molar-refractivity contribution is 6.05. The van der Waals surface area contributed by atoms with Gasteiger partial charge in [0.15, 0.2) is 17.5 Å². The minimum absolute atomic E-state index is 0.500. The molecule has 0 saturated heterocycles. The Morgan fingerprint density at radius 1 is 0.300 bits per heavy atom. The van der Waals surface area contributed by atoms with Crippen molar-refractivity contribution in [3.05, 3.63) is 241 Å². The predicted molar refractivity (Wildman–Crippen MR) is 245 cm³/mol. The van der Waals surface area contributed by atoms with Crippen LogP contribution in [0.25, 0.3) is 67.2 Å².